The molecule has 1 unspecified atom stereocenters. The molecule has 0 amide bonds. The van der Waals surface area contributed by atoms with Gasteiger partial charge in [-0.1, -0.05) is 24.3 Å². The van der Waals surface area contributed by atoms with Crippen LogP contribution in [0.25, 0.3) is 0 Å². The summed E-state index contributed by atoms with van der Waals surface area (Å²) >= 11 is 0. The number of anilines is 1. The van der Waals surface area contributed by atoms with Gasteiger partial charge in [-0.25, -0.2) is 4.98 Å². The standard InChI is InChI=1S/C14H14N2O/c15-14-10(4-3-7-16-14)8-11-9-17-13-6-2-1-5-12(11)13/h1-7,11H,8-9H2,(H2,15,16). The SMILES string of the molecule is Nc1ncccc1CC1COc2ccccc21. The topological polar surface area (TPSA) is 48.1 Å². The van der Waals surface area contributed by atoms with E-state index in [1.54, 1.807) is 6.20 Å². The van der Waals surface area contributed by atoms with Crippen LogP contribution in [0.1, 0.15) is 17.0 Å². The fourth-order valence-electron chi connectivity index (χ4n) is 2.29. The third kappa shape index (κ3) is 1.84. The number of hydrogen-bond donors (Lipinski definition) is 1. The van der Waals surface area contributed by atoms with E-state index in [4.69, 9.17) is 10.5 Å². The monoisotopic (exact) mass is 226 g/mol. The molecular formula is C14H14N2O. The van der Waals surface area contributed by atoms with E-state index in [0.29, 0.717) is 11.7 Å². The van der Waals surface area contributed by atoms with Crippen LogP contribution >= 0.6 is 0 Å². The molecule has 86 valence electrons. The highest BCUT2D eigenvalue weighted by atomic mass is 16.5. The second kappa shape index (κ2) is 4.09. The van der Waals surface area contributed by atoms with E-state index >= 15 is 0 Å². The molecule has 3 nitrogen and oxygen atoms in total. The summed E-state index contributed by atoms with van der Waals surface area (Å²) in [5.41, 5.74) is 8.24. The molecule has 1 atom stereocenters. The molecule has 0 fully saturated rings. The molecule has 1 aromatic heterocycles. The average molecular weight is 226 g/mol. The Morgan fingerprint density at radius 3 is 3.00 bits per heavy atom. The van der Waals surface area contributed by atoms with E-state index in [-0.39, 0.29) is 0 Å². The molecule has 0 radical (unpaired) electrons. The Balaban J connectivity index is 1.87. The molecule has 0 bridgehead atoms. The van der Waals surface area contributed by atoms with Gasteiger partial charge in [-0.05, 0) is 24.1 Å². The maximum atomic E-state index is 5.87. The number of nitrogens with two attached hydrogens (primary N) is 1. The van der Waals surface area contributed by atoms with Crippen LogP contribution in [0.3, 0.4) is 0 Å². The zero-order valence-corrected chi connectivity index (χ0v) is 9.47. The second-order valence-electron chi connectivity index (χ2n) is 4.30. The number of pyridine rings is 1. The number of rotatable bonds is 2. The van der Waals surface area contributed by atoms with Gasteiger partial charge in [0.2, 0.25) is 0 Å². The Kier molecular flexibility index (Phi) is 2.44. The number of nitrogens with zero attached hydrogens (tertiary/aromatic N) is 1. The third-order valence-electron chi connectivity index (χ3n) is 3.19. The smallest absolute Gasteiger partial charge is 0.126 e. The molecular weight excluding hydrogens is 212 g/mol. The first-order valence-electron chi connectivity index (χ1n) is 5.75. The highest BCUT2D eigenvalue weighted by Crippen LogP contribution is 2.35. The zero-order valence-electron chi connectivity index (χ0n) is 9.47. The van der Waals surface area contributed by atoms with Crippen molar-refractivity contribution in [1.29, 1.82) is 0 Å². The predicted octanol–water partition coefficient (Wildman–Crippen LogP) is 2.38. The Morgan fingerprint density at radius 2 is 2.12 bits per heavy atom. The van der Waals surface area contributed by atoms with Crippen molar-refractivity contribution in [2.75, 3.05) is 12.3 Å². The van der Waals surface area contributed by atoms with E-state index in [0.717, 1.165) is 24.3 Å². The van der Waals surface area contributed by atoms with Crippen molar-refractivity contribution in [1.82, 2.24) is 4.98 Å². The molecule has 17 heavy (non-hydrogen) atoms. The van der Waals surface area contributed by atoms with Crippen LogP contribution in [0.15, 0.2) is 42.6 Å². The highest BCUT2D eigenvalue weighted by molar-refractivity contribution is 5.44. The molecule has 2 N–H and O–H groups in total. The summed E-state index contributed by atoms with van der Waals surface area (Å²) in [5, 5.41) is 0. The molecule has 1 aliphatic heterocycles. The first kappa shape index (κ1) is 10.1. The van der Waals surface area contributed by atoms with Gasteiger partial charge >= 0.3 is 0 Å². The van der Waals surface area contributed by atoms with Crippen molar-refractivity contribution in [3.8, 4) is 5.75 Å². The summed E-state index contributed by atoms with van der Waals surface area (Å²) in [4.78, 5) is 4.11. The summed E-state index contributed by atoms with van der Waals surface area (Å²) in [6.45, 7) is 0.730. The van der Waals surface area contributed by atoms with E-state index in [1.807, 2.05) is 30.3 Å². The van der Waals surface area contributed by atoms with Gasteiger partial charge in [-0.15, -0.1) is 0 Å². The molecule has 0 aliphatic carbocycles. The summed E-state index contributed by atoms with van der Waals surface area (Å²) in [5.74, 6) is 2.01. The van der Waals surface area contributed by atoms with Crippen molar-refractivity contribution in [3.63, 3.8) is 0 Å². The number of aromatic nitrogens is 1. The molecule has 0 saturated heterocycles. The fourth-order valence-corrected chi connectivity index (χ4v) is 2.29. The lowest BCUT2D eigenvalue weighted by molar-refractivity contribution is 0.330. The maximum Gasteiger partial charge on any atom is 0.126 e. The van der Waals surface area contributed by atoms with Crippen molar-refractivity contribution < 1.29 is 4.74 Å². The zero-order chi connectivity index (χ0) is 11.7. The Bertz CT molecular complexity index is 539. The molecule has 0 spiro atoms. The van der Waals surface area contributed by atoms with Gasteiger partial charge in [-0.2, -0.15) is 0 Å². The van der Waals surface area contributed by atoms with Crippen LogP contribution in [0.5, 0.6) is 5.75 Å². The number of benzene rings is 1. The van der Waals surface area contributed by atoms with Crippen LogP contribution in [-0.4, -0.2) is 11.6 Å². The third-order valence-corrected chi connectivity index (χ3v) is 3.19. The predicted molar refractivity (Wildman–Crippen MR) is 67.0 cm³/mol. The number of nitrogen functional groups attached to an aromatic ring is 1. The van der Waals surface area contributed by atoms with Crippen molar-refractivity contribution in [2.45, 2.75) is 12.3 Å². The van der Waals surface area contributed by atoms with E-state index in [1.165, 1.54) is 5.56 Å². The lowest BCUT2D eigenvalue weighted by atomic mass is 9.94. The van der Waals surface area contributed by atoms with Crippen molar-refractivity contribution in [3.05, 3.63) is 53.7 Å². The van der Waals surface area contributed by atoms with E-state index in [2.05, 4.69) is 11.1 Å². The van der Waals surface area contributed by atoms with Crippen molar-refractivity contribution >= 4 is 5.82 Å². The Morgan fingerprint density at radius 1 is 1.24 bits per heavy atom. The van der Waals surface area contributed by atoms with Crippen molar-refractivity contribution in [2.24, 2.45) is 0 Å². The fraction of sp³-hybridized carbons (Fsp3) is 0.214. The van der Waals surface area contributed by atoms with Gasteiger partial charge in [0.05, 0.1) is 6.61 Å². The number of para-hydroxylation sites is 1. The summed E-state index contributed by atoms with van der Waals surface area (Å²) in [7, 11) is 0. The Labute approximate surface area is 100 Å². The van der Waals surface area contributed by atoms with E-state index < -0.39 is 0 Å². The molecule has 1 aliphatic rings. The minimum Gasteiger partial charge on any atom is -0.493 e. The number of ether oxygens (including phenoxy) is 1. The minimum absolute atomic E-state index is 0.387. The molecule has 2 aromatic rings. The largest absolute Gasteiger partial charge is 0.493 e. The first-order valence-corrected chi connectivity index (χ1v) is 5.75. The van der Waals surface area contributed by atoms with Gasteiger partial charge in [0.15, 0.2) is 0 Å². The van der Waals surface area contributed by atoms with Crippen LogP contribution < -0.4 is 10.5 Å². The summed E-state index contributed by atoms with van der Waals surface area (Å²) in [6.07, 6.45) is 2.61. The van der Waals surface area contributed by atoms with Crippen LogP contribution in [0.4, 0.5) is 5.82 Å². The molecule has 0 saturated carbocycles. The van der Waals surface area contributed by atoms with Crippen LogP contribution in [-0.2, 0) is 6.42 Å². The minimum atomic E-state index is 0.387. The summed E-state index contributed by atoms with van der Waals surface area (Å²) < 4.78 is 5.66. The quantitative estimate of drug-likeness (QED) is 0.855. The van der Waals surface area contributed by atoms with Crippen LogP contribution in [0.2, 0.25) is 0 Å². The number of hydrogen-bond acceptors (Lipinski definition) is 3. The normalized spacial score (nSPS) is 17.5. The molecule has 3 rings (SSSR count). The molecule has 2 heterocycles. The van der Waals surface area contributed by atoms with Gasteiger partial charge < -0.3 is 10.5 Å². The molecule has 3 heteroatoms. The number of fused-ring (bicyclic) bond motifs is 1. The van der Waals surface area contributed by atoms with Crippen LogP contribution in [0, 0.1) is 0 Å². The van der Waals surface area contributed by atoms with E-state index in [9.17, 15) is 0 Å². The average Bonchev–Trinajstić information content (AvgIpc) is 2.76. The highest BCUT2D eigenvalue weighted by Gasteiger charge is 2.24. The maximum absolute atomic E-state index is 5.87. The van der Waals surface area contributed by atoms with Gasteiger partial charge in [0, 0.05) is 17.7 Å². The second-order valence-corrected chi connectivity index (χ2v) is 4.30. The first-order chi connectivity index (χ1) is 8.34. The van der Waals surface area contributed by atoms with Gasteiger partial charge in [0.1, 0.15) is 11.6 Å². The molecule has 1 aromatic carbocycles. The Hall–Kier alpha value is -2.03. The summed E-state index contributed by atoms with van der Waals surface area (Å²) in [6, 6.07) is 12.1. The lowest BCUT2D eigenvalue weighted by Crippen LogP contribution is -2.07. The van der Waals surface area contributed by atoms with Gasteiger partial charge in [-0.3, -0.25) is 0 Å². The van der Waals surface area contributed by atoms with Gasteiger partial charge in [0.25, 0.3) is 0 Å². The lowest BCUT2D eigenvalue weighted by Gasteiger charge is -2.10.